The van der Waals surface area contributed by atoms with Crippen molar-refractivity contribution < 1.29 is 28.3 Å². The average Bonchev–Trinajstić information content (AvgIpc) is 2.04. The van der Waals surface area contributed by atoms with Crippen LogP contribution in [-0.2, 0) is 18.1 Å². The van der Waals surface area contributed by atoms with E-state index >= 15 is 0 Å². The molecule has 0 saturated carbocycles. The highest BCUT2D eigenvalue weighted by molar-refractivity contribution is 7.48. The molecule has 0 aliphatic carbocycles. The maximum Gasteiger partial charge on any atom is 0.476 e. The lowest BCUT2D eigenvalue weighted by Crippen LogP contribution is -2.15. The van der Waals surface area contributed by atoms with Crippen molar-refractivity contribution in [1.82, 2.24) is 0 Å². The number of aliphatic hydroxyl groups excluding tert-OH is 2. The fraction of sp³-hybridized carbons (Fsp3) is 1.00. The second kappa shape index (κ2) is 4.82. The summed E-state index contributed by atoms with van der Waals surface area (Å²) in [5.41, 5.74) is 0. The van der Waals surface area contributed by atoms with Crippen molar-refractivity contribution in [3.05, 3.63) is 0 Å². The third kappa shape index (κ3) is 3.81. The normalized spacial score (nSPS) is 14.9. The van der Waals surface area contributed by atoms with Gasteiger partial charge in [-0.15, -0.1) is 0 Å². The molecule has 0 aromatic rings. The molecule has 7 heteroatoms. The number of hydrogen-bond acceptors (Lipinski definition) is 6. The van der Waals surface area contributed by atoms with E-state index in [1.165, 1.54) is 0 Å². The minimum absolute atomic E-state index is 0.670. The van der Waals surface area contributed by atoms with E-state index in [4.69, 9.17) is 10.2 Å². The average molecular weight is 186 g/mol. The topological polar surface area (TPSA) is 85.2 Å². The lowest BCUT2D eigenvalue weighted by Gasteiger charge is -2.15. The van der Waals surface area contributed by atoms with Gasteiger partial charge in [0.2, 0.25) is 0 Å². The summed E-state index contributed by atoms with van der Waals surface area (Å²) < 4.78 is 23.9. The summed E-state index contributed by atoms with van der Waals surface area (Å²) in [5, 5.41) is 16.9. The van der Waals surface area contributed by atoms with Crippen LogP contribution in [0.15, 0.2) is 0 Å². The molecular weight excluding hydrogens is 175 g/mol. The van der Waals surface area contributed by atoms with Crippen LogP contribution in [0, 0.1) is 0 Å². The zero-order valence-corrected chi connectivity index (χ0v) is 7.15. The Bertz CT molecular complexity index is 140. The molecular formula is C4H11O6P. The van der Waals surface area contributed by atoms with E-state index in [-0.39, 0.29) is 0 Å². The van der Waals surface area contributed by atoms with Gasteiger partial charge in [0.25, 0.3) is 0 Å². The van der Waals surface area contributed by atoms with Crippen LogP contribution in [0.3, 0.4) is 0 Å². The zero-order valence-electron chi connectivity index (χ0n) is 6.26. The third-order valence-electron chi connectivity index (χ3n) is 0.854. The summed E-state index contributed by atoms with van der Waals surface area (Å²) in [7, 11) is -1.45. The van der Waals surface area contributed by atoms with Gasteiger partial charge in [0.15, 0.2) is 6.29 Å². The van der Waals surface area contributed by atoms with Crippen LogP contribution in [0.4, 0.5) is 0 Å². The standard InChI is InChI=1S/C4H11O6P/c1-8-11(7,9-2)10-4(6)3-5/h4-6H,3H2,1-2H3. The van der Waals surface area contributed by atoms with E-state index in [1.807, 2.05) is 0 Å². The van der Waals surface area contributed by atoms with E-state index in [0.29, 0.717) is 0 Å². The molecule has 0 rings (SSSR count). The Kier molecular flexibility index (Phi) is 4.83. The highest BCUT2D eigenvalue weighted by Crippen LogP contribution is 2.48. The molecule has 0 spiro atoms. The summed E-state index contributed by atoms with van der Waals surface area (Å²) in [4.78, 5) is 0. The molecule has 0 amide bonds. The van der Waals surface area contributed by atoms with E-state index in [0.717, 1.165) is 14.2 Å². The first-order valence-corrected chi connectivity index (χ1v) is 4.23. The fourth-order valence-corrected chi connectivity index (χ4v) is 1.03. The molecule has 0 aromatic carbocycles. The lowest BCUT2D eigenvalue weighted by molar-refractivity contribution is -0.0737. The Balaban J connectivity index is 3.97. The Morgan fingerprint density at radius 2 is 1.91 bits per heavy atom. The van der Waals surface area contributed by atoms with Crippen molar-refractivity contribution in [2.45, 2.75) is 6.29 Å². The summed E-state index contributed by atoms with van der Waals surface area (Å²) in [6.07, 6.45) is -1.55. The maximum absolute atomic E-state index is 11.0. The Morgan fingerprint density at radius 1 is 1.45 bits per heavy atom. The highest BCUT2D eigenvalue weighted by Gasteiger charge is 2.26. The first-order chi connectivity index (χ1) is 5.08. The van der Waals surface area contributed by atoms with Gasteiger partial charge in [0, 0.05) is 14.2 Å². The molecule has 6 nitrogen and oxygen atoms in total. The van der Waals surface area contributed by atoms with Gasteiger partial charge in [-0.05, 0) is 0 Å². The number of phosphoric acid groups is 1. The Morgan fingerprint density at radius 3 is 2.18 bits per heavy atom. The van der Waals surface area contributed by atoms with Crippen LogP contribution in [0.2, 0.25) is 0 Å². The van der Waals surface area contributed by atoms with Crippen molar-refractivity contribution in [3.63, 3.8) is 0 Å². The van der Waals surface area contributed by atoms with Crippen molar-refractivity contribution in [2.24, 2.45) is 0 Å². The molecule has 68 valence electrons. The first-order valence-electron chi connectivity index (χ1n) is 2.77. The molecule has 1 unspecified atom stereocenters. The van der Waals surface area contributed by atoms with E-state index in [1.54, 1.807) is 0 Å². The third-order valence-corrected chi connectivity index (χ3v) is 2.25. The summed E-state index contributed by atoms with van der Waals surface area (Å²) in [6, 6.07) is 0. The van der Waals surface area contributed by atoms with Gasteiger partial charge in [-0.1, -0.05) is 0 Å². The smallest absolute Gasteiger partial charge is 0.391 e. The van der Waals surface area contributed by atoms with Gasteiger partial charge >= 0.3 is 7.82 Å². The molecule has 0 bridgehead atoms. The van der Waals surface area contributed by atoms with Gasteiger partial charge < -0.3 is 10.2 Å². The highest BCUT2D eigenvalue weighted by atomic mass is 31.2. The van der Waals surface area contributed by atoms with Crippen LogP contribution >= 0.6 is 7.82 Å². The van der Waals surface area contributed by atoms with Gasteiger partial charge in [-0.25, -0.2) is 4.57 Å². The zero-order chi connectivity index (χ0) is 8.91. The van der Waals surface area contributed by atoms with Gasteiger partial charge in [0.05, 0.1) is 6.61 Å². The van der Waals surface area contributed by atoms with Crippen LogP contribution in [0.25, 0.3) is 0 Å². The van der Waals surface area contributed by atoms with Crippen molar-refractivity contribution in [1.29, 1.82) is 0 Å². The van der Waals surface area contributed by atoms with Crippen LogP contribution in [0.1, 0.15) is 0 Å². The number of aliphatic hydroxyl groups is 2. The summed E-state index contributed by atoms with van der Waals surface area (Å²) >= 11 is 0. The second-order valence-corrected chi connectivity index (χ2v) is 3.39. The lowest BCUT2D eigenvalue weighted by atomic mass is 10.7. The van der Waals surface area contributed by atoms with E-state index in [2.05, 4.69) is 13.6 Å². The van der Waals surface area contributed by atoms with Crippen molar-refractivity contribution in [2.75, 3.05) is 20.8 Å². The fourth-order valence-electron chi connectivity index (χ4n) is 0.343. The van der Waals surface area contributed by atoms with Crippen molar-refractivity contribution >= 4 is 7.82 Å². The summed E-state index contributed by atoms with van der Waals surface area (Å²) in [5.74, 6) is 0. The number of hydrogen-bond donors (Lipinski definition) is 2. The molecule has 0 fully saturated rings. The van der Waals surface area contributed by atoms with Crippen LogP contribution < -0.4 is 0 Å². The predicted octanol–water partition coefficient (Wildman–Crippen LogP) is -0.285. The molecule has 0 aromatic heterocycles. The van der Waals surface area contributed by atoms with Gasteiger partial charge in [-0.2, -0.15) is 0 Å². The van der Waals surface area contributed by atoms with Crippen LogP contribution in [-0.4, -0.2) is 37.3 Å². The number of phosphoric ester groups is 1. The molecule has 11 heavy (non-hydrogen) atoms. The molecule has 0 aliphatic rings. The molecule has 2 N–H and O–H groups in total. The Labute approximate surface area is 64.3 Å². The minimum atomic E-state index is -3.66. The van der Waals surface area contributed by atoms with Crippen LogP contribution in [0.5, 0.6) is 0 Å². The van der Waals surface area contributed by atoms with Gasteiger partial charge in [-0.3, -0.25) is 13.6 Å². The quantitative estimate of drug-likeness (QED) is 0.453. The predicted molar refractivity (Wildman–Crippen MR) is 35.8 cm³/mol. The molecule has 0 saturated heterocycles. The molecule has 0 radical (unpaired) electrons. The molecule has 0 heterocycles. The van der Waals surface area contributed by atoms with Crippen molar-refractivity contribution in [3.8, 4) is 0 Å². The maximum atomic E-state index is 11.0. The largest absolute Gasteiger partial charge is 0.476 e. The number of rotatable bonds is 5. The first kappa shape index (κ1) is 11.0. The van der Waals surface area contributed by atoms with E-state index < -0.39 is 20.7 Å². The molecule has 0 aliphatic heterocycles. The van der Waals surface area contributed by atoms with E-state index in [9.17, 15) is 4.57 Å². The summed E-state index contributed by atoms with van der Waals surface area (Å²) in [6.45, 7) is -0.670. The monoisotopic (exact) mass is 186 g/mol. The SMILES string of the molecule is COP(=O)(OC)OC(O)CO. The van der Waals surface area contributed by atoms with Gasteiger partial charge in [0.1, 0.15) is 0 Å². The second-order valence-electron chi connectivity index (χ2n) is 1.55. The molecule has 1 atom stereocenters. The Hall–Kier alpha value is 0.0300. The minimum Gasteiger partial charge on any atom is -0.391 e.